The summed E-state index contributed by atoms with van der Waals surface area (Å²) in [6.45, 7) is 9.61. The van der Waals surface area contributed by atoms with Crippen LogP contribution in [0.15, 0.2) is 70.9 Å². The van der Waals surface area contributed by atoms with Gasteiger partial charge in [0.25, 0.3) is 0 Å². The summed E-state index contributed by atoms with van der Waals surface area (Å²) in [5.41, 5.74) is 2.21. The van der Waals surface area contributed by atoms with E-state index in [0.717, 1.165) is 53.2 Å². The van der Waals surface area contributed by atoms with Crippen LogP contribution in [-0.2, 0) is 20.7 Å². The molecular formula is C31H42O5S. The maximum Gasteiger partial charge on any atom is 0.313 e. The first-order valence-electron chi connectivity index (χ1n) is 12.9. The van der Waals surface area contributed by atoms with Gasteiger partial charge in [-0.05, 0) is 67.7 Å². The number of aryl methyl sites for hydroxylation is 1. The number of aliphatic carboxylic acids is 1. The minimum absolute atomic E-state index is 0.0224. The molecule has 0 saturated carbocycles. The highest BCUT2D eigenvalue weighted by Gasteiger charge is 2.09. The van der Waals surface area contributed by atoms with Crippen molar-refractivity contribution in [1.29, 1.82) is 0 Å². The number of hydrogen-bond donors (Lipinski definition) is 1. The molecular weight excluding hydrogens is 484 g/mol. The van der Waals surface area contributed by atoms with Crippen LogP contribution in [0.5, 0.6) is 5.75 Å². The summed E-state index contributed by atoms with van der Waals surface area (Å²) in [7, 11) is 0. The van der Waals surface area contributed by atoms with Crippen molar-refractivity contribution in [3.05, 3.63) is 71.6 Å². The Morgan fingerprint density at radius 1 is 1.22 bits per heavy atom. The van der Waals surface area contributed by atoms with Crippen molar-refractivity contribution in [2.45, 2.75) is 70.8 Å². The van der Waals surface area contributed by atoms with Crippen LogP contribution in [0.2, 0.25) is 0 Å². The zero-order chi connectivity index (χ0) is 27.3. The van der Waals surface area contributed by atoms with Gasteiger partial charge in [-0.2, -0.15) is 0 Å². The monoisotopic (exact) mass is 526 g/mol. The highest BCUT2D eigenvalue weighted by molar-refractivity contribution is 8.00. The summed E-state index contributed by atoms with van der Waals surface area (Å²) in [6.07, 6.45) is 21.5. The summed E-state index contributed by atoms with van der Waals surface area (Å²) in [4.78, 5) is 11.8. The molecule has 1 rings (SSSR count). The van der Waals surface area contributed by atoms with Gasteiger partial charge in [-0.1, -0.05) is 45.1 Å². The molecule has 0 radical (unpaired) electrons. The molecule has 0 bridgehead atoms. The van der Waals surface area contributed by atoms with Crippen LogP contribution >= 0.6 is 11.8 Å². The minimum Gasteiger partial charge on any atom is -0.493 e. The van der Waals surface area contributed by atoms with Gasteiger partial charge in [-0.3, -0.25) is 4.79 Å². The summed E-state index contributed by atoms with van der Waals surface area (Å²) in [5, 5.41) is 8.93. The molecule has 0 spiro atoms. The molecule has 0 amide bonds. The van der Waals surface area contributed by atoms with E-state index in [1.54, 1.807) is 0 Å². The highest BCUT2D eigenvalue weighted by Crippen LogP contribution is 2.27. The van der Waals surface area contributed by atoms with Gasteiger partial charge in [0.05, 0.1) is 18.5 Å². The fraction of sp³-hybridized carbons (Fsp3) is 0.452. The fourth-order valence-electron chi connectivity index (χ4n) is 3.18. The molecule has 1 N–H and O–H groups in total. The fourth-order valence-corrected chi connectivity index (χ4v) is 4.02. The maximum absolute atomic E-state index is 10.9. The zero-order valence-electron chi connectivity index (χ0n) is 22.7. The Bertz CT molecular complexity index is 968. The standard InChI is InChI=1S/C31H42O5S/c1-6-10-12-13-14-19-34-29(21-26(8-3)15-11-7-2)23-36-25(5)18-20-35-28-16-17-30(27(9-4)22-28)37-24-31(32)33/h2,10,12-17,21-22,25H,6,8-9,11,18-20,23-24H2,1,3-5H3,(H,32,33)/b12-10-,14-13-,26-15-,29-21+/t25-/m1/s1. The molecule has 0 fully saturated rings. The number of thioether (sulfide) groups is 1. The second-order valence-electron chi connectivity index (χ2n) is 8.29. The summed E-state index contributed by atoms with van der Waals surface area (Å²) < 4.78 is 18.0. The van der Waals surface area contributed by atoms with Gasteiger partial charge in [0.15, 0.2) is 0 Å². The van der Waals surface area contributed by atoms with E-state index in [1.165, 1.54) is 11.8 Å². The van der Waals surface area contributed by atoms with Crippen LogP contribution in [0, 0.1) is 12.3 Å². The smallest absolute Gasteiger partial charge is 0.313 e. The molecule has 37 heavy (non-hydrogen) atoms. The Morgan fingerprint density at radius 3 is 2.68 bits per heavy atom. The van der Waals surface area contributed by atoms with Crippen LogP contribution in [0.1, 0.15) is 58.9 Å². The van der Waals surface area contributed by atoms with Crippen LogP contribution in [0.3, 0.4) is 0 Å². The van der Waals surface area contributed by atoms with Crippen LogP contribution in [0.25, 0.3) is 0 Å². The van der Waals surface area contributed by atoms with E-state index in [-0.39, 0.29) is 11.9 Å². The maximum atomic E-state index is 10.9. The molecule has 1 aromatic carbocycles. The van der Waals surface area contributed by atoms with Crippen LogP contribution in [0.4, 0.5) is 0 Å². The molecule has 1 atom stereocenters. The minimum atomic E-state index is -0.820. The van der Waals surface area contributed by atoms with E-state index in [1.807, 2.05) is 55.5 Å². The number of benzene rings is 1. The Hall–Kier alpha value is -2.88. The number of hydrogen-bond acceptors (Lipinski definition) is 5. The lowest BCUT2D eigenvalue weighted by molar-refractivity contribution is -0.133. The largest absolute Gasteiger partial charge is 0.493 e. The first-order chi connectivity index (χ1) is 17.9. The second kappa shape index (κ2) is 20.2. The summed E-state index contributed by atoms with van der Waals surface area (Å²) in [6, 6.07) is 5.81. The van der Waals surface area contributed by atoms with Gasteiger partial charge in [0.2, 0.25) is 0 Å². The highest BCUT2D eigenvalue weighted by atomic mass is 32.2. The molecule has 0 aliphatic rings. The van der Waals surface area contributed by atoms with Crippen molar-refractivity contribution in [3.63, 3.8) is 0 Å². The van der Waals surface area contributed by atoms with Gasteiger partial charge in [0, 0.05) is 17.7 Å². The zero-order valence-corrected chi connectivity index (χ0v) is 23.5. The predicted molar refractivity (Wildman–Crippen MR) is 154 cm³/mol. The summed E-state index contributed by atoms with van der Waals surface area (Å²) >= 11 is 1.33. The second-order valence-corrected chi connectivity index (χ2v) is 9.31. The summed E-state index contributed by atoms with van der Waals surface area (Å²) in [5.74, 6) is 3.43. The quantitative estimate of drug-likeness (QED) is 0.0878. The van der Waals surface area contributed by atoms with E-state index in [4.69, 9.17) is 25.7 Å². The number of carboxylic acid groups (broad SMARTS) is 1. The van der Waals surface area contributed by atoms with E-state index in [2.05, 4.69) is 32.8 Å². The Labute approximate surface area is 227 Å². The van der Waals surface area contributed by atoms with Crippen molar-refractivity contribution in [2.24, 2.45) is 0 Å². The third-order valence-corrected chi connectivity index (χ3v) is 6.39. The van der Waals surface area contributed by atoms with Crippen molar-refractivity contribution < 1.29 is 24.1 Å². The van der Waals surface area contributed by atoms with Gasteiger partial charge >= 0.3 is 5.97 Å². The molecule has 0 unspecified atom stereocenters. The number of carbonyl (C=O) groups is 1. The number of allylic oxidation sites excluding steroid dienone is 6. The van der Waals surface area contributed by atoms with Crippen molar-refractivity contribution >= 4 is 17.7 Å². The third kappa shape index (κ3) is 15.1. The third-order valence-electron chi connectivity index (χ3n) is 5.29. The van der Waals surface area contributed by atoms with E-state index in [0.29, 0.717) is 26.2 Å². The molecule has 0 saturated heterocycles. The SMILES string of the molecule is C#CC/C=C(\C=C(/CO[C@H](C)CCOc1ccc(SCC(=O)O)c(CC)c1)OC/C=C\C=C/CC)CC. The van der Waals surface area contributed by atoms with E-state index >= 15 is 0 Å². The molecule has 0 aliphatic heterocycles. The Kier molecular flexibility index (Phi) is 17.6. The average Bonchev–Trinajstić information content (AvgIpc) is 2.90. The van der Waals surface area contributed by atoms with Crippen molar-refractivity contribution in [3.8, 4) is 18.1 Å². The van der Waals surface area contributed by atoms with E-state index < -0.39 is 5.97 Å². The van der Waals surface area contributed by atoms with Gasteiger partial charge in [-0.15, -0.1) is 24.1 Å². The molecule has 202 valence electrons. The first kappa shape index (κ1) is 32.1. The number of ether oxygens (including phenoxy) is 3. The van der Waals surface area contributed by atoms with Crippen molar-refractivity contribution in [2.75, 3.05) is 25.6 Å². The van der Waals surface area contributed by atoms with Gasteiger partial charge < -0.3 is 19.3 Å². The average molecular weight is 527 g/mol. The van der Waals surface area contributed by atoms with E-state index in [9.17, 15) is 4.79 Å². The predicted octanol–water partition coefficient (Wildman–Crippen LogP) is 7.38. The van der Waals surface area contributed by atoms with Crippen molar-refractivity contribution in [1.82, 2.24) is 0 Å². The lowest BCUT2D eigenvalue weighted by Crippen LogP contribution is -2.15. The van der Waals surface area contributed by atoms with Gasteiger partial charge in [-0.25, -0.2) is 0 Å². The number of terminal acetylenes is 1. The molecule has 5 nitrogen and oxygen atoms in total. The molecule has 1 aromatic rings. The molecule has 0 aromatic heterocycles. The normalized spacial score (nSPS) is 13.2. The Morgan fingerprint density at radius 2 is 2.00 bits per heavy atom. The molecule has 6 heteroatoms. The molecule has 0 heterocycles. The van der Waals surface area contributed by atoms with Crippen LogP contribution in [-0.4, -0.2) is 42.8 Å². The lowest BCUT2D eigenvalue weighted by Gasteiger charge is -2.17. The Balaban J connectivity index is 2.65. The number of rotatable bonds is 19. The number of carboxylic acids is 1. The van der Waals surface area contributed by atoms with Crippen LogP contribution < -0.4 is 4.74 Å². The topological polar surface area (TPSA) is 65.0 Å². The lowest BCUT2D eigenvalue weighted by atomic mass is 10.1. The molecule has 0 aliphatic carbocycles. The first-order valence-corrected chi connectivity index (χ1v) is 13.9. The van der Waals surface area contributed by atoms with Gasteiger partial charge in [0.1, 0.15) is 24.7 Å².